The lowest BCUT2D eigenvalue weighted by molar-refractivity contribution is -0.144. The highest BCUT2D eigenvalue weighted by molar-refractivity contribution is 5.84. The number of hydrogen-bond acceptors (Lipinski definition) is 2. The Balaban J connectivity index is 1.95. The normalized spacial score (nSPS) is 11.1. The van der Waals surface area contributed by atoms with E-state index in [1.807, 2.05) is 30.3 Å². The number of carbonyl (C=O) groups is 1. The van der Waals surface area contributed by atoms with Crippen LogP contribution in [0.2, 0.25) is 0 Å². The molecule has 0 atom stereocenters. The summed E-state index contributed by atoms with van der Waals surface area (Å²) >= 11 is 0. The molecule has 122 valence electrons. The van der Waals surface area contributed by atoms with Crippen LogP contribution in [0.3, 0.4) is 0 Å². The first-order valence-electron chi connectivity index (χ1n) is 7.62. The third-order valence-electron chi connectivity index (χ3n) is 3.63. The average molecular weight is 315 g/mol. The molecule has 0 N–H and O–H groups in total. The molecule has 0 bridgehead atoms. The fourth-order valence-electron chi connectivity index (χ4n) is 2.34. The van der Waals surface area contributed by atoms with Crippen LogP contribution in [-0.2, 0) is 11.2 Å². The number of rotatable bonds is 6. The van der Waals surface area contributed by atoms with Gasteiger partial charge in [0, 0.05) is 13.6 Å². The van der Waals surface area contributed by atoms with E-state index in [4.69, 9.17) is 4.74 Å². The summed E-state index contributed by atoms with van der Waals surface area (Å²) < 4.78 is 18.7. The summed E-state index contributed by atoms with van der Waals surface area (Å²) in [5.74, 6) is 0.0282. The molecule has 23 heavy (non-hydrogen) atoms. The van der Waals surface area contributed by atoms with E-state index >= 15 is 0 Å². The van der Waals surface area contributed by atoms with Gasteiger partial charge in [-0.3, -0.25) is 4.79 Å². The van der Waals surface area contributed by atoms with Gasteiger partial charge in [-0.25, -0.2) is 4.39 Å². The predicted octanol–water partition coefficient (Wildman–Crippen LogP) is 3.68. The second-order valence-electron chi connectivity index (χ2n) is 6.03. The van der Waals surface area contributed by atoms with Crippen LogP contribution < -0.4 is 4.74 Å². The Morgan fingerprint density at radius 1 is 1.09 bits per heavy atom. The highest BCUT2D eigenvalue weighted by Gasteiger charge is 2.32. The molecule has 0 heterocycles. The number of ether oxygens (including phenoxy) is 1. The molecule has 3 nitrogen and oxygen atoms in total. The molecule has 0 aliphatic rings. The monoisotopic (exact) mass is 315 g/mol. The molecule has 1 amide bonds. The first-order chi connectivity index (χ1) is 10.9. The SMILES string of the molecule is CN(CCc1ccccc1)C(=O)C(C)(C)Oc1ccc(F)cc1. The van der Waals surface area contributed by atoms with E-state index in [0.29, 0.717) is 12.3 Å². The van der Waals surface area contributed by atoms with E-state index in [0.717, 1.165) is 6.42 Å². The number of benzene rings is 2. The Bertz CT molecular complexity index is 638. The Hall–Kier alpha value is -2.36. The molecule has 0 radical (unpaired) electrons. The van der Waals surface area contributed by atoms with Gasteiger partial charge in [0.15, 0.2) is 5.60 Å². The van der Waals surface area contributed by atoms with E-state index in [-0.39, 0.29) is 11.7 Å². The molecular formula is C19H22FNO2. The minimum absolute atomic E-state index is 0.113. The molecule has 0 unspecified atom stereocenters. The lowest BCUT2D eigenvalue weighted by Crippen LogP contribution is -2.47. The third-order valence-corrected chi connectivity index (χ3v) is 3.63. The van der Waals surface area contributed by atoms with Crippen molar-refractivity contribution in [3.8, 4) is 5.75 Å². The zero-order valence-corrected chi connectivity index (χ0v) is 13.8. The first kappa shape index (κ1) is 17.0. The van der Waals surface area contributed by atoms with Gasteiger partial charge in [-0.15, -0.1) is 0 Å². The smallest absolute Gasteiger partial charge is 0.265 e. The maximum atomic E-state index is 12.9. The van der Waals surface area contributed by atoms with Crippen molar-refractivity contribution >= 4 is 5.91 Å². The van der Waals surface area contributed by atoms with Gasteiger partial charge in [0.1, 0.15) is 11.6 Å². The predicted molar refractivity (Wildman–Crippen MR) is 88.9 cm³/mol. The van der Waals surface area contributed by atoms with E-state index in [2.05, 4.69) is 0 Å². The highest BCUT2D eigenvalue weighted by atomic mass is 19.1. The van der Waals surface area contributed by atoms with Gasteiger partial charge in [0.25, 0.3) is 5.91 Å². The second-order valence-corrected chi connectivity index (χ2v) is 6.03. The molecule has 2 rings (SSSR count). The standard InChI is InChI=1S/C19H22FNO2/c1-19(2,23-17-11-9-16(20)10-12-17)18(22)21(3)14-13-15-7-5-4-6-8-15/h4-12H,13-14H2,1-3H3. The summed E-state index contributed by atoms with van der Waals surface area (Å²) in [5, 5.41) is 0. The van der Waals surface area contributed by atoms with Crippen molar-refractivity contribution in [2.75, 3.05) is 13.6 Å². The van der Waals surface area contributed by atoms with E-state index < -0.39 is 5.60 Å². The molecule has 2 aromatic rings. The molecule has 0 aliphatic carbocycles. The van der Waals surface area contributed by atoms with Crippen molar-refractivity contribution in [1.82, 2.24) is 4.90 Å². The number of likely N-dealkylation sites (N-methyl/N-ethyl adjacent to an activating group) is 1. The average Bonchev–Trinajstić information content (AvgIpc) is 2.55. The van der Waals surface area contributed by atoms with Gasteiger partial charge in [-0.05, 0) is 50.1 Å². The zero-order valence-electron chi connectivity index (χ0n) is 13.8. The maximum Gasteiger partial charge on any atom is 0.265 e. The Morgan fingerprint density at radius 3 is 2.30 bits per heavy atom. The fourth-order valence-corrected chi connectivity index (χ4v) is 2.34. The number of nitrogens with zero attached hydrogens (tertiary/aromatic N) is 1. The van der Waals surface area contributed by atoms with Crippen molar-refractivity contribution in [2.24, 2.45) is 0 Å². The maximum absolute atomic E-state index is 12.9. The second kappa shape index (κ2) is 7.27. The third kappa shape index (κ3) is 4.81. The number of halogens is 1. The molecule has 0 aliphatic heterocycles. The van der Waals surface area contributed by atoms with Crippen molar-refractivity contribution < 1.29 is 13.9 Å². The number of hydrogen-bond donors (Lipinski definition) is 0. The van der Waals surface area contributed by atoms with Gasteiger partial charge in [-0.2, -0.15) is 0 Å². The van der Waals surface area contributed by atoms with Crippen LogP contribution in [0.25, 0.3) is 0 Å². The minimum atomic E-state index is -1.01. The Labute approximate surface area is 136 Å². The summed E-state index contributed by atoms with van der Waals surface area (Å²) in [6, 6.07) is 15.7. The van der Waals surface area contributed by atoms with E-state index in [9.17, 15) is 9.18 Å². The van der Waals surface area contributed by atoms with Gasteiger partial charge >= 0.3 is 0 Å². The minimum Gasteiger partial charge on any atom is -0.478 e. The van der Waals surface area contributed by atoms with Crippen LogP contribution in [0.1, 0.15) is 19.4 Å². The van der Waals surface area contributed by atoms with Gasteiger partial charge in [0.05, 0.1) is 0 Å². The summed E-state index contributed by atoms with van der Waals surface area (Å²) in [6.45, 7) is 4.05. The van der Waals surface area contributed by atoms with Crippen molar-refractivity contribution in [2.45, 2.75) is 25.9 Å². The zero-order chi connectivity index (χ0) is 16.9. The van der Waals surface area contributed by atoms with Crippen molar-refractivity contribution in [3.05, 3.63) is 66.0 Å². The van der Waals surface area contributed by atoms with E-state index in [1.165, 1.54) is 29.8 Å². The van der Waals surface area contributed by atoms with Gasteiger partial charge in [0.2, 0.25) is 0 Å². The first-order valence-corrected chi connectivity index (χ1v) is 7.62. The summed E-state index contributed by atoms with van der Waals surface area (Å²) in [6.07, 6.45) is 0.787. The summed E-state index contributed by atoms with van der Waals surface area (Å²) in [4.78, 5) is 14.2. The lowest BCUT2D eigenvalue weighted by atomic mass is 10.1. The summed E-state index contributed by atoms with van der Waals surface area (Å²) in [5.41, 5.74) is 0.174. The Kier molecular flexibility index (Phi) is 5.37. The molecular weight excluding hydrogens is 293 g/mol. The molecule has 0 saturated heterocycles. The molecule has 4 heteroatoms. The molecule has 0 aromatic heterocycles. The highest BCUT2D eigenvalue weighted by Crippen LogP contribution is 2.20. The van der Waals surface area contributed by atoms with Gasteiger partial charge in [-0.1, -0.05) is 30.3 Å². The fraction of sp³-hybridized carbons (Fsp3) is 0.316. The summed E-state index contributed by atoms with van der Waals surface area (Å²) in [7, 11) is 1.76. The molecule has 2 aromatic carbocycles. The molecule has 0 fully saturated rings. The van der Waals surface area contributed by atoms with E-state index in [1.54, 1.807) is 25.8 Å². The van der Waals surface area contributed by atoms with Crippen LogP contribution >= 0.6 is 0 Å². The van der Waals surface area contributed by atoms with Crippen LogP contribution in [-0.4, -0.2) is 30.0 Å². The van der Waals surface area contributed by atoms with Crippen LogP contribution in [0.5, 0.6) is 5.75 Å². The van der Waals surface area contributed by atoms with Crippen LogP contribution in [0.15, 0.2) is 54.6 Å². The van der Waals surface area contributed by atoms with Crippen molar-refractivity contribution in [3.63, 3.8) is 0 Å². The molecule has 0 saturated carbocycles. The quantitative estimate of drug-likeness (QED) is 0.814. The largest absolute Gasteiger partial charge is 0.478 e. The lowest BCUT2D eigenvalue weighted by Gasteiger charge is -2.30. The molecule has 0 spiro atoms. The van der Waals surface area contributed by atoms with Crippen LogP contribution in [0, 0.1) is 5.82 Å². The Morgan fingerprint density at radius 2 is 1.70 bits per heavy atom. The van der Waals surface area contributed by atoms with Crippen LogP contribution in [0.4, 0.5) is 4.39 Å². The number of amides is 1. The van der Waals surface area contributed by atoms with Crippen molar-refractivity contribution in [1.29, 1.82) is 0 Å². The van der Waals surface area contributed by atoms with Gasteiger partial charge < -0.3 is 9.64 Å². The topological polar surface area (TPSA) is 29.5 Å². The number of carbonyl (C=O) groups excluding carboxylic acids is 1.